The number of hydrogen-bond acceptors (Lipinski definition) is 4. The van der Waals surface area contributed by atoms with E-state index in [-0.39, 0.29) is 29.3 Å². The number of benzene rings is 2. The van der Waals surface area contributed by atoms with Crippen molar-refractivity contribution >= 4 is 17.4 Å². The van der Waals surface area contributed by atoms with Crippen LogP contribution in [0.3, 0.4) is 0 Å². The summed E-state index contributed by atoms with van der Waals surface area (Å²) in [5, 5.41) is 0. The lowest BCUT2D eigenvalue weighted by Crippen LogP contribution is -2.13. The Bertz CT molecular complexity index is 899. The van der Waals surface area contributed by atoms with Crippen LogP contribution in [-0.2, 0) is 4.74 Å². The first-order chi connectivity index (χ1) is 12.1. The fourth-order valence-electron chi connectivity index (χ4n) is 2.67. The molecule has 3 aromatic rings. The van der Waals surface area contributed by atoms with Gasteiger partial charge in [0.25, 0.3) is 0 Å². The molecule has 0 saturated heterocycles. The van der Waals surface area contributed by atoms with Gasteiger partial charge in [0.2, 0.25) is 0 Å². The average molecular weight is 334 g/mol. The Morgan fingerprint density at radius 1 is 1.00 bits per heavy atom. The molecule has 25 heavy (non-hydrogen) atoms. The molecule has 0 atom stereocenters. The van der Waals surface area contributed by atoms with Gasteiger partial charge in [-0.15, -0.1) is 0 Å². The Morgan fingerprint density at radius 2 is 1.60 bits per heavy atom. The summed E-state index contributed by atoms with van der Waals surface area (Å²) >= 11 is 0. The van der Waals surface area contributed by atoms with Crippen LogP contribution in [0.1, 0.15) is 33.3 Å². The van der Waals surface area contributed by atoms with E-state index in [1.54, 1.807) is 31.2 Å². The summed E-state index contributed by atoms with van der Waals surface area (Å²) in [4.78, 5) is 28.3. The van der Waals surface area contributed by atoms with E-state index in [4.69, 9.17) is 10.5 Å². The zero-order valence-corrected chi connectivity index (χ0v) is 13.8. The molecule has 0 fully saturated rings. The van der Waals surface area contributed by atoms with Crippen molar-refractivity contribution in [3.8, 4) is 11.3 Å². The molecule has 0 aliphatic carbocycles. The van der Waals surface area contributed by atoms with E-state index < -0.39 is 5.97 Å². The smallest absolute Gasteiger partial charge is 0.355 e. The van der Waals surface area contributed by atoms with Crippen molar-refractivity contribution in [2.45, 2.75) is 6.92 Å². The van der Waals surface area contributed by atoms with E-state index in [0.717, 1.165) is 5.56 Å². The predicted octanol–water partition coefficient (Wildman–Crippen LogP) is 3.67. The van der Waals surface area contributed by atoms with Gasteiger partial charge in [-0.1, -0.05) is 60.7 Å². The molecule has 5 heteroatoms. The van der Waals surface area contributed by atoms with Gasteiger partial charge in [-0.2, -0.15) is 0 Å². The highest BCUT2D eigenvalue weighted by Crippen LogP contribution is 2.32. The van der Waals surface area contributed by atoms with E-state index in [1.165, 1.54) is 0 Å². The van der Waals surface area contributed by atoms with Gasteiger partial charge in [0.1, 0.15) is 5.69 Å². The zero-order chi connectivity index (χ0) is 17.8. The number of ketones is 1. The lowest BCUT2D eigenvalue weighted by atomic mass is 10.0. The van der Waals surface area contributed by atoms with Crippen LogP contribution in [0, 0.1) is 0 Å². The standard InChI is InChI=1S/C20H18N2O3/c1-2-25-20(24)18-15(19(23)14-11-7-4-8-12-14)16(21)17(22-18)13-9-5-3-6-10-13/h3-12,22H,2,21H2,1H3. The molecule has 0 aliphatic heterocycles. The second-order valence-electron chi connectivity index (χ2n) is 5.45. The summed E-state index contributed by atoms with van der Waals surface area (Å²) < 4.78 is 5.08. The molecule has 0 bridgehead atoms. The van der Waals surface area contributed by atoms with Gasteiger partial charge in [0, 0.05) is 11.1 Å². The second-order valence-corrected chi connectivity index (χ2v) is 5.45. The number of ether oxygens (including phenoxy) is 1. The normalized spacial score (nSPS) is 10.4. The van der Waals surface area contributed by atoms with Crippen molar-refractivity contribution in [1.29, 1.82) is 0 Å². The molecule has 0 spiro atoms. The summed E-state index contributed by atoms with van der Waals surface area (Å²) in [5.41, 5.74) is 8.48. The number of aromatic nitrogens is 1. The minimum Gasteiger partial charge on any atom is -0.461 e. The molecule has 126 valence electrons. The van der Waals surface area contributed by atoms with Crippen LogP contribution in [-0.4, -0.2) is 23.3 Å². The van der Waals surface area contributed by atoms with E-state index in [0.29, 0.717) is 11.3 Å². The zero-order valence-electron chi connectivity index (χ0n) is 13.8. The number of nitrogen functional groups attached to an aromatic ring is 1. The fraction of sp³-hybridized carbons (Fsp3) is 0.100. The largest absolute Gasteiger partial charge is 0.461 e. The van der Waals surface area contributed by atoms with Gasteiger partial charge >= 0.3 is 5.97 Å². The van der Waals surface area contributed by atoms with Crippen LogP contribution in [0.2, 0.25) is 0 Å². The molecule has 3 rings (SSSR count). The Balaban J connectivity index is 2.17. The molecule has 2 aromatic carbocycles. The summed E-state index contributed by atoms with van der Waals surface area (Å²) in [7, 11) is 0. The number of carbonyl (C=O) groups is 2. The molecule has 0 aliphatic rings. The molecule has 3 N–H and O–H groups in total. The van der Waals surface area contributed by atoms with Crippen molar-refractivity contribution in [3.63, 3.8) is 0 Å². The highest BCUT2D eigenvalue weighted by molar-refractivity contribution is 6.18. The number of carbonyl (C=O) groups excluding carboxylic acids is 2. The van der Waals surface area contributed by atoms with Crippen LogP contribution >= 0.6 is 0 Å². The first-order valence-corrected chi connectivity index (χ1v) is 7.97. The number of anilines is 1. The maximum absolute atomic E-state index is 12.9. The number of aromatic amines is 1. The maximum Gasteiger partial charge on any atom is 0.355 e. The topological polar surface area (TPSA) is 85.2 Å². The van der Waals surface area contributed by atoms with Crippen LogP contribution in [0.5, 0.6) is 0 Å². The third-order valence-corrected chi connectivity index (χ3v) is 3.84. The monoisotopic (exact) mass is 334 g/mol. The summed E-state index contributed by atoms with van der Waals surface area (Å²) in [6.45, 7) is 1.92. The van der Waals surface area contributed by atoms with E-state index in [1.807, 2.05) is 36.4 Å². The molecule has 1 heterocycles. The molecule has 0 amide bonds. The van der Waals surface area contributed by atoms with Crippen molar-refractivity contribution < 1.29 is 14.3 Å². The van der Waals surface area contributed by atoms with Gasteiger partial charge in [0.05, 0.1) is 23.6 Å². The number of hydrogen-bond donors (Lipinski definition) is 2. The van der Waals surface area contributed by atoms with Crippen LogP contribution < -0.4 is 5.73 Å². The molecule has 0 saturated carbocycles. The first kappa shape index (κ1) is 16.5. The van der Waals surface area contributed by atoms with Crippen LogP contribution in [0.25, 0.3) is 11.3 Å². The molecule has 0 radical (unpaired) electrons. The Labute approximate surface area is 145 Å². The minimum atomic E-state index is -0.601. The van der Waals surface area contributed by atoms with Gasteiger partial charge in [-0.05, 0) is 6.92 Å². The van der Waals surface area contributed by atoms with Crippen molar-refractivity contribution in [2.24, 2.45) is 0 Å². The summed E-state index contributed by atoms with van der Waals surface area (Å²) in [6, 6.07) is 18.0. The number of nitrogens with two attached hydrogens (primary N) is 1. The highest BCUT2D eigenvalue weighted by Gasteiger charge is 2.27. The van der Waals surface area contributed by atoms with Gasteiger partial charge in [-0.3, -0.25) is 4.79 Å². The molecule has 0 unspecified atom stereocenters. The molecular formula is C20H18N2O3. The Hall–Kier alpha value is -3.34. The number of esters is 1. The second kappa shape index (κ2) is 7.05. The highest BCUT2D eigenvalue weighted by atomic mass is 16.5. The van der Waals surface area contributed by atoms with E-state index in [9.17, 15) is 9.59 Å². The van der Waals surface area contributed by atoms with E-state index in [2.05, 4.69) is 4.98 Å². The lowest BCUT2D eigenvalue weighted by Gasteiger charge is -2.05. The van der Waals surface area contributed by atoms with E-state index >= 15 is 0 Å². The third kappa shape index (κ3) is 3.17. The average Bonchev–Trinajstić information content (AvgIpc) is 3.00. The number of H-pyrrole nitrogens is 1. The third-order valence-electron chi connectivity index (χ3n) is 3.84. The first-order valence-electron chi connectivity index (χ1n) is 7.97. The Morgan fingerprint density at radius 3 is 2.20 bits per heavy atom. The summed E-state index contributed by atoms with van der Waals surface area (Å²) in [5.74, 6) is -0.921. The van der Waals surface area contributed by atoms with Crippen molar-refractivity contribution in [1.82, 2.24) is 4.98 Å². The SMILES string of the molecule is CCOC(=O)c1[nH]c(-c2ccccc2)c(N)c1C(=O)c1ccccc1. The predicted molar refractivity (Wildman–Crippen MR) is 96.5 cm³/mol. The van der Waals surface area contributed by atoms with Gasteiger partial charge in [-0.25, -0.2) is 4.79 Å². The molecular weight excluding hydrogens is 316 g/mol. The molecule has 5 nitrogen and oxygen atoms in total. The summed E-state index contributed by atoms with van der Waals surface area (Å²) in [6.07, 6.45) is 0. The van der Waals surface area contributed by atoms with Crippen LogP contribution in [0.15, 0.2) is 60.7 Å². The van der Waals surface area contributed by atoms with Gasteiger partial charge in [0.15, 0.2) is 5.78 Å². The number of nitrogens with one attached hydrogen (secondary N) is 1. The lowest BCUT2D eigenvalue weighted by molar-refractivity contribution is 0.0517. The van der Waals surface area contributed by atoms with Crippen molar-refractivity contribution in [2.75, 3.05) is 12.3 Å². The minimum absolute atomic E-state index is 0.0760. The number of rotatable bonds is 5. The van der Waals surface area contributed by atoms with Gasteiger partial charge < -0.3 is 15.5 Å². The van der Waals surface area contributed by atoms with Crippen molar-refractivity contribution in [3.05, 3.63) is 77.5 Å². The maximum atomic E-state index is 12.9. The fourth-order valence-corrected chi connectivity index (χ4v) is 2.67. The molecule has 1 aromatic heterocycles. The van der Waals surface area contributed by atoms with Crippen LogP contribution in [0.4, 0.5) is 5.69 Å². The Kier molecular flexibility index (Phi) is 4.66. The quantitative estimate of drug-likeness (QED) is 0.551.